The third-order valence-corrected chi connectivity index (χ3v) is 4.95. The number of rotatable bonds is 2. The van der Waals surface area contributed by atoms with Crippen molar-refractivity contribution >= 4 is 40.6 Å². The fraction of sp³-hybridized carbons (Fsp3) is 0.0833. The predicted octanol–water partition coefficient (Wildman–Crippen LogP) is 2.71. The second-order valence-corrected chi connectivity index (χ2v) is 6.91. The van der Waals surface area contributed by atoms with Crippen molar-refractivity contribution in [3.05, 3.63) is 88.5 Å². The second kappa shape index (κ2) is 6.63. The summed E-state index contributed by atoms with van der Waals surface area (Å²) >= 11 is 0. The van der Waals surface area contributed by atoms with Crippen molar-refractivity contribution < 1.29 is 6.17 Å². The molecular weight excluding hydrogens is 360 g/mol. The summed E-state index contributed by atoms with van der Waals surface area (Å²) < 4.78 is 8.59. The molecule has 5 heterocycles. The van der Waals surface area contributed by atoms with E-state index in [1.807, 2.05) is 43.4 Å². The van der Waals surface area contributed by atoms with Crippen LogP contribution in [0.3, 0.4) is 0 Å². The molecule has 1 N–H and O–H groups in total. The molecule has 5 heteroatoms. The summed E-state index contributed by atoms with van der Waals surface area (Å²) in [5.41, 5.74) is 5.40. The van der Waals surface area contributed by atoms with E-state index in [9.17, 15) is 4.79 Å². The molecule has 4 aliphatic heterocycles. The molecule has 4 aliphatic rings. The lowest BCUT2D eigenvalue weighted by atomic mass is 10.0. The first-order chi connectivity index (χ1) is 14.6. The average Bonchev–Trinajstić information content (AvgIpc) is 3.48. The number of nitrogens with zero attached hydrogens (tertiary/aromatic N) is 3. The fourth-order valence-electron chi connectivity index (χ4n) is 3.64. The van der Waals surface area contributed by atoms with E-state index in [-0.39, 0.29) is 5.78 Å². The molecule has 1 aromatic rings. The van der Waals surface area contributed by atoms with E-state index < -0.39 is 0 Å². The molecule has 5 rings (SSSR count). The van der Waals surface area contributed by atoms with Crippen LogP contribution in [-0.4, -0.2) is 27.9 Å². The van der Waals surface area contributed by atoms with Crippen molar-refractivity contribution in [1.29, 1.82) is 0 Å². The molecule has 5 nitrogen and oxygen atoms in total. The van der Waals surface area contributed by atoms with Crippen LogP contribution in [0, 0.1) is 0 Å². The summed E-state index contributed by atoms with van der Waals surface area (Å²) in [6.45, 7) is 5.84. The van der Waals surface area contributed by atoms with Crippen LogP contribution in [0.4, 0.5) is 0 Å². The molecule has 0 atom stereocenters. The average molecular weight is 379 g/mol. The summed E-state index contributed by atoms with van der Waals surface area (Å²) in [7, 11) is 0. The summed E-state index contributed by atoms with van der Waals surface area (Å²) in [4.78, 5) is 29.8. The fourth-order valence-corrected chi connectivity index (χ4v) is 3.64. The molecular formula is C24H18N4O. The largest absolute Gasteiger partial charge is 0.355 e. The lowest BCUT2D eigenvalue weighted by Crippen LogP contribution is -2.22. The number of H-pyrrole nitrogens is 1. The Morgan fingerprint density at radius 3 is 2.45 bits per heavy atom. The van der Waals surface area contributed by atoms with Gasteiger partial charge in [0, 0.05) is 17.0 Å². The Morgan fingerprint density at radius 1 is 1.00 bits per heavy atom. The van der Waals surface area contributed by atoms with E-state index in [2.05, 4.69) is 26.5 Å². The zero-order valence-electron chi connectivity index (χ0n) is 16.9. The summed E-state index contributed by atoms with van der Waals surface area (Å²) in [5, 5.41) is 1.31. The minimum atomic E-state index is -0.149. The van der Waals surface area contributed by atoms with Crippen LogP contribution in [-0.2, 0) is 4.79 Å². The van der Waals surface area contributed by atoms with Gasteiger partial charge in [0.1, 0.15) is 5.71 Å². The van der Waals surface area contributed by atoms with E-state index in [0.29, 0.717) is 40.1 Å². The second-order valence-electron chi connectivity index (χ2n) is 6.91. The molecule has 0 saturated carbocycles. The standard InChI is InChI=1S/C24H18N4O/c1-3-14-9-19-11-17-7-5-15(25-17)10-16-6-8-18(26-16)12-20-13-22(29)24(28-20)21(4-2)23(14)27-19/h3,5-13,27H,1,4H2,2H3/i9D. The molecule has 0 spiro atoms. The van der Waals surface area contributed by atoms with E-state index in [0.717, 1.165) is 28.4 Å². The van der Waals surface area contributed by atoms with Crippen LogP contribution in [0.15, 0.2) is 87.2 Å². The molecule has 8 bridgehead atoms. The van der Waals surface area contributed by atoms with Crippen LogP contribution in [0.1, 0.15) is 20.3 Å². The molecule has 140 valence electrons. The van der Waals surface area contributed by atoms with Gasteiger partial charge in [0.15, 0.2) is 0 Å². The number of allylic oxidation sites excluding steroid dienone is 7. The number of hydrogen-bond donors (Lipinski definition) is 1. The van der Waals surface area contributed by atoms with Gasteiger partial charge in [0.05, 0.1) is 35.2 Å². The summed E-state index contributed by atoms with van der Waals surface area (Å²) in [5.74, 6) is -0.149. The first kappa shape index (κ1) is 16.1. The zero-order chi connectivity index (χ0) is 20.8. The highest BCUT2D eigenvalue weighted by Crippen LogP contribution is 2.21. The van der Waals surface area contributed by atoms with Crippen molar-refractivity contribution in [3.63, 3.8) is 0 Å². The molecule has 0 saturated heterocycles. The normalized spacial score (nSPS) is 19.8. The Hall–Kier alpha value is -3.86. The number of fused-ring (bicyclic) bond motifs is 5. The first-order valence-electron chi connectivity index (χ1n) is 9.93. The number of carbonyl (C=O) groups is 1. The van der Waals surface area contributed by atoms with Gasteiger partial charge in [-0.15, -0.1) is 0 Å². The maximum Gasteiger partial charge on any atom is 0.206 e. The number of aromatic amines is 1. The zero-order valence-corrected chi connectivity index (χ0v) is 15.9. The third kappa shape index (κ3) is 3.06. The summed E-state index contributed by atoms with van der Waals surface area (Å²) in [6.07, 6.45) is 16.9. The van der Waals surface area contributed by atoms with Crippen molar-refractivity contribution in [3.8, 4) is 0 Å². The molecule has 0 radical (unpaired) electrons. The SMILES string of the molecule is [2H]c1c(C=C)c2[nH]c1=CC1=NC(=CC3=NC(=CC4=CC(=O)C(=N4)C=2CC)C=C3)C=C1. The molecule has 0 aliphatic carbocycles. The Balaban J connectivity index is 1.84. The van der Waals surface area contributed by atoms with Gasteiger partial charge in [0.25, 0.3) is 0 Å². The number of ketones is 1. The number of aromatic nitrogens is 1. The maximum absolute atomic E-state index is 12.7. The van der Waals surface area contributed by atoms with Crippen molar-refractivity contribution in [2.75, 3.05) is 0 Å². The van der Waals surface area contributed by atoms with Gasteiger partial charge in [-0.1, -0.05) is 19.6 Å². The Bertz CT molecular complexity index is 1400. The van der Waals surface area contributed by atoms with Crippen LogP contribution >= 0.6 is 0 Å². The van der Waals surface area contributed by atoms with Crippen LogP contribution in [0.25, 0.3) is 17.7 Å². The van der Waals surface area contributed by atoms with Gasteiger partial charge in [-0.25, -0.2) is 15.0 Å². The monoisotopic (exact) mass is 379 g/mol. The van der Waals surface area contributed by atoms with Gasteiger partial charge in [0.2, 0.25) is 5.78 Å². The van der Waals surface area contributed by atoms with Gasteiger partial charge in [-0.3, -0.25) is 4.79 Å². The van der Waals surface area contributed by atoms with Crippen LogP contribution < -0.4 is 10.7 Å². The van der Waals surface area contributed by atoms with E-state index in [1.54, 1.807) is 12.2 Å². The highest BCUT2D eigenvalue weighted by molar-refractivity contribution is 6.58. The van der Waals surface area contributed by atoms with Gasteiger partial charge < -0.3 is 4.98 Å². The van der Waals surface area contributed by atoms with E-state index >= 15 is 0 Å². The van der Waals surface area contributed by atoms with E-state index in [1.165, 1.54) is 6.08 Å². The minimum Gasteiger partial charge on any atom is -0.355 e. The molecule has 0 unspecified atom stereocenters. The topological polar surface area (TPSA) is 69.9 Å². The molecule has 0 aromatic carbocycles. The molecule has 29 heavy (non-hydrogen) atoms. The lowest BCUT2D eigenvalue weighted by Gasteiger charge is -2.03. The highest BCUT2D eigenvalue weighted by atomic mass is 16.1. The maximum atomic E-state index is 12.7. The molecule has 1 aromatic heterocycles. The van der Waals surface area contributed by atoms with Crippen LogP contribution in [0.2, 0.25) is 0 Å². The first-order valence-corrected chi connectivity index (χ1v) is 9.43. The predicted molar refractivity (Wildman–Crippen MR) is 118 cm³/mol. The number of aliphatic imine (C=N–C) groups is 3. The van der Waals surface area contributed by atoms with Gasteiger partial charge in [-0.05, 0) is 60.6 Å². The number of carbonyl (C=O) groups excluding carboxylic acids is 1. The summed E-state index contributed by atoms with van der Waals surface area (Å²) in [6, 6.07) is 0.316. The number of hydrogen-bond acceptors (Lipinski definition) is 4. The Kier molecular flexibility index (Phi) is 3.69. The minimum absolute atomic E-state index is 0.149. The van der Waals surface area contributed by atoms with Gasteiger partial charge in [-0.2, -0.15) is 0 Å². The van der Waals surface area contributed by atoms with Crippen molar-refractivity contribution in [2.24, 2.45) is 15.0 Å². The molecule has 0 amide bonds. The Labute approximate surface area is 169 Å². The van der Waals surface area contributed by atoms with Crippen LogP contribution in [0.5, 0.6) is 0 Å². The van der Waals surface area contributed by atoms with Crippen molar-refractivity contribution in [2.45, 2.75) is 13.3 Å². The van der Waals surface area contributed by atoms with E-state index in [4.69, 9.17) is 1.37 Å². The Morgan fingerprint density at radius 2 is 1.72 bits per heavy atom. The molecule has 0 fully saturated rings. The lowest BCUT2D eigenvalue weighted by molar-refractivity contribution is -0.108. The van der Waals surface area contributed by atoms with Crippen molar-refractivity contribution in [1.82, 2.24) is 4.98 Å². The third-order valence-electron chi connectivity index (χ3n) is 4.95. The quantitative estimate of drug-likeness (QED) is 0.843. The highest BCUT2D eigenvalue weighted by Gasteiger charge is 2.22. The van der Waals surface area contributed by atoms with Gasteiger partial charge >= 0.3 is 0 Å². The smallest absolute Gasteiger partial charge is 0.206 e. The number of nitrogens with one attached hydrogen (secondary N) is 1.